The zero-order valence-electron chi connectivity index (χ0n) is 25.0. The molecular formula is C33H43N3O4S. The number of rotatable bonds is 13. The van der Waals surface area contributed by atoms with Gasteiger partial charge >= 0.3 is 0 Å². The molecule has 7 nitrogen and oxygen atoms in total. The van der Waals surface area contributed by atoms with Crippen LogP contribution in [-0.4, -0.2) is 50.5 Å². The Balaban J connectivity index is 2.03. The van der Waals surface area contributed by atoms with Crippen molar-refractivity contribution in [2.75, 3.05) is 23.7 Å². The van der Waals surface area contributed by atoms with Gasteiger partial charge in [-0.2, -0.15) is 0 Å². The number of amides is 2. The van der Waals surface area contributed by atoms with Crippen LogP contribution in [0, 0.1) is 12.8 Å². The fourth-order valence-electron chi connectivity index (χ4n) is 4.51. The molecule has 1 N–H and O–H groups in total. The number of carbonyl (C=O) groups excluding carboxylic acids is 2. The average Bonchev–Trinajstić information content (AvgIpc) is 2.93. The molecule has 0 aliphatic rings. The Morgan fingerprint density at radius 1 is 0.829 bits per heavy atom. The predicted molar refractivity (Wildman–Crippen MR) is 166 cm³/mol. The minimum absolute atomic E-state index is 0.162. The van der Waals surface area contributed by atoms with Crippen LogP contribution in [0.4, 0.5) is 5.69 Å². The fourth-order valence-corrected chi connectivity index (χ4v) is 5.36. The summed E-state index contributed by atoms with van der Waals surface area (Å²) in [5.74, 6) is -0.211. The van der Waals surface area contributed by atoms with E-state index in [1.165, 1.54) is 4.90 Å². The Morgan fingerprint density at radius 2 is 1.44 bits per heavy atom. The molecule has 1 atom stereocenters. The highest BCUT2D eigenvalue weighted by Crippen LogP contribution is 2.23. The third kappa shape index (κ3) is 9.46. The van der Waals surface area contributed by atoms with Gasteiger partial charge in [-0.05, 0) is 47.6 Å². The van der Waals surface area contributed by atoms with Crippen LogP contribution < -0.4 is 9.62 Å². The second-order valence-corrected chi connectivity index (χ2v) is 13.3. The summed E-state index contributed by atoms with van der Waals surface area (Å²) in [7, 11) is -3.80. The van der Waals surface area contributed by atoms with Crippen molar-refractivity contribution >= 4 is 27.5 Å². The molecule has 0 saturated heterocycles. The van der Waals surface area contributed by atoms with Crippen molar-refractivity contribution in [2.24, 2.45) is 5.92 Å². The molecule has 0 unspecified atom stereocenters. The molecule has 0 heterocycles. The van der Waals surface area contributed by atoms with E-state index >= 15 is 0 Å². The molecule has 0 aromatic heterocycles. The number of anilines is 1. The first-order valence-electron chi connectivity index (χ1n) is 14.1. The van der Waals surface area contributed by atoms with Gasteiger partial charge in [0.1, 0.15) is 12.6 Å². The standard InChI is InChI=1S/C33H43N3O4S/c1-24(2)21-34-33(38)31(20-27-10-8-7-9-11-27)35(22-28-14-12-26(5)13-15-28)32(37)23-36(41(6,39)40)30-18-16-29(17-19-30)25(3)4/h7-19,24-25,31H,20-23H2,1-6H3,(H,34,38)/t31-/m0/s1. The van der Waals surface area contributed by atoms with E-state index in [1.807, 2.05) is 87.5 Å². The number of nitrogens with one attached hydrogen (secondary N) is 1. The van der Waals surface area contributed by atoms with Crippen molar-refractivity contribution in [3.63, 3.8) is 0 Å². The van der Waals surface area contributed by atoms with Crippen molar-refractivity contribution in [3.05, 3.63) is 101 Å². The number of hydrogen-bond acceptors (Lipinski definition) is 4. The van der Waals surface area contributed by atoms with Crippen LogP contribution in [0.3, 0.4) is 0 Å². The third-order valence-corrected chi connectivity index (χ3v) is 8.10. The molecule has 3 aromatic rings. The van der Waals surface area contributed by atoms with E-state index in [0.29, 0.717) is 18.7 Å². The topological polar surface area (TPSA) is 86.8 Å². The zero-order chi connectivity index (χ0) is 30.2. The summed E-state index contributed by atoms with van der Waals surface area (Å²) in [6.07, 6.45) is 1.39. The number of benzene rings is 3. The molecule has 220 valence electrons. The first-order chi connectivity index (χ1) is 19.3. The highest BCUT2D eigenvalue weighted by molar-refractivity contribution is 7.92. The summed E-state index contributed by atoms with van der Waals surface area (Å²) in [4.78, 5) is 29.3. The SMILES string of the molecule is Cc1ccc(CN(C(=O)CN(c2ccc(C(C)C)cc2)S(C)(=O)=O)[C@@H](Cc2ccccc2)C(=O)NCC(C)C)cc1. The molecule has 3 rings (SSSR count). The third-order valence-electron chi connectivity index (χ3n) is 6.96. The number of aryl methyl sites for hydroxylation is 1. The largest absolute Gasteiger partial charge is 0.354 e. The summed E-state index contributed by atoms with van der Waals surface area (Å²) in [5, 5.41) is 3.00. The van der Waals surface area contributed by atoms with Gasteiger partial charge < -0.3 is 10.2 Å². The summed E-state index contributed by atoms with van der Waals surface area (Å²) < 4.78 is 27.0. The Labute approximate surface area is 245 Å². The summed E-state index contributed by atoms with van der Waals surface area (Å²) >= 11 is 0. The molecule has 0 saturated carbocycles. The number of carbonyl (C=O) groups is 2. The van der Waals surface area contributed by atoms with Gasteiger partial charge in [-0.15, -0.1) is 0 Å². The van der Waals surface area contributed by atoms with Crippen molar-refractivity contribution in [1.29, 1.82) is 0 Å². The van der Waals surface area contributed by atoms with E-state index in [1.54, 1.807) is 12.1 Å². The minimum Gasteiger partial charge on any atom is -0.354 e. The second kappa shape index (κ2) is 14.3. The molecular weight excluding hydrogens is 534 g/mol. The maximum Gasteiger partial charge on any atom is 0.244 e. The summed E-state index contributed by atoms with van der Waals surface area (Å²) in [6.45, 7) is 10.3. The Hall–Kier alpha value is -3.65. The normalized spacial score (nSPS) is 12.3. The monoisotopic (exact) mass is 577 g/mol. The molecule has 41 heavy (non-hydrogen) atoms. The van der Waals surface area contributed by atoms with Gasteiger partial charge in [0.2, 0.25) is 21.8 Å². The molecule has 0 aliphatic carbocycles. The summed E-state index contributed by atoms with van der Waals surface area (Å²) in [5.41, 5.74) is 4.31. The number of hydrogen-bond donors (Lipinski definition) is 1. The van der Waals surface area contributed by atoms with Crippen LogP contribution in [0.5, 0.6) is 0 Å². The van der Waals surface area contributed by atoms with E-state index in [9.17, 15) is 18.0 Å². The summed E-state index contributed by atoms with van der Waals surface area (Å²) in [6, 6.07) is 23.7. The highest BCUT2D eigenvalue weighted by atomic mass is 32.2. The molecule has 8 heteroatoms. The predicted octanol–water partition coefficient (Wildman–Crippen LogP) is 5.30. The van der Waals surface area contributed by atoms with Gasteiger partial charge in [0, 0.05) is 19.5 Å². The van der Waals surface area contributed by atoms with Gasteiger partial charge in [0.25, 0.3) is 0 Å². The number of nitrogens with zero attached hydrogens (tertiary/aromatic N) is 2. The molecule has 0 spiro atoms. The lowest BCUT2D eigenvalue weighted by atomic mass is 10.0. The molecule has 0 radical (unpaired) electrons. The van der Waals surface area contributed by atoms with Gasteiger partial charge in [-0.25, -0.2) is 8.42 Å². The zero-order valence-corrected chi connectivity index (χ0v) is 25.8. The van der Waals surface area contributed by atoms with Gasteiger partial charge in [-0.3, -0.25) is 13.9 Å². The Kier molecular flexibility index (Phi) is 11.1. The van der Waals surface area contributed by atoms with Crippen LogP contribution in [0.1, 0.15) is 55.9 Å². The smallest absolute Gasteiger partial charge is 0.244 e. The quantitative estimate of drug-likeness (QED) is 0.299. The number of sulfonamides is 1. The maximum atomic E-state index is 14.1. The lowest BCUT2D eigenvalue weighted by Crippen LogP contribution is -2.53. The van der Waals surface area contributed by atoms with Gasteiger partial charge in [0.05, 0.1) is 11.9 Å². The van der Waals surface area contributed by atoms with Crippen LogP contribution in [-0.2, 0) is 32.6 Å². The Bertz CT molecular complexity index is 1390. The molecule has 3 aromatic carbocycles. The molecule has 0 aliphatic heterocycles. The maximum absolute atomic E-state index is 14.1. The minimum atomic E-state index is -3.80. The molecule has 0 fully saturated rings. The highest BCUT2D eigenvalue weighted by Gasteiger charge is 2.33. The van der Waals surface area contributed by atoms with Gasteiger partial charge in [-0.1, -0.05) is 100.0 Å². The van der Waals surface area contributed by atoms with E-state index in [4.69, 9.17) is 0 Å². The van der Waals surface area contributed by atoms with Crippen LogP contribution >= 0.6 is 0 Å². The fraction of sp³-hybridized carbons (Fsp3) is 0.394. The van der Waals surface area contributed by atoms with E-state index in [2.05, 4.69) is 19.2 Å². The van der Waals surface area contributed by atoms with Crippen molar-refractivity contribution in [1.82, 2.24) is 10.2 Å². The second-order valence-electron chi connectivity index (χ2n) is 11.4. The van der Waals surface area contributed by atoms with Crippen LogP contribution in [0.2, 0.25) is 0 Å². The van der Waals surface area contributed by atoms with E-state index in [0.717, 1.165) is 32.8 Å². The van der Waals surface area contributed by atoms with Crippen molar-refractivity contribution in [3.8, 4) is 0 Å². The first kappa shape index (κ1) is 31.9. The van der Waals surface area contributed by atoms with E-state index in [-0.39, 0.29) is 24.3 Å². The van der Waals surface area contributed by atoms with Gasteiger partial charge in [0.15, 0.2) is 0 Å². The first-order valence-corrected chi connectivity index (χ1v) is 15.9. The van der Waals surface area contributed by atoms with E-state index < -0.39 is 28.5 Å². The Morgan fingerprint density at radius 3 is 1.98 bits per heavy atom. The lowest BCUT2D eigenvalue weighted by Gasteiger charge is -2.33. The molecule has 2 amide bonds. The average molecular weight is 578 g/mol. The lowest BCUT2D eigenvalue weighted by molar-refractivity contribution is -0.140. The molecule has 0 bridgehead atoms. The van der Waals surface area contributed by atoms with Crippen molar-refractivity contribution < 1.29 is 18.0 Å². The van der Waals surface area contributed by atoms with Crippen molar-refractivity contribution in [2.45, 2.75) is 59.5 Å². The van der Waals surface area contributed by atoms with Crippen LogP contribution in [0.15, 0.2) is 78.9 Å². The van der Waals surface area contributed by atoms with Crippen LogP contribution in [0.25, 0.3) is 0 Å².